The molecule has 0 spiro atoms. The summed E-state index contributed by atoms with van der Waals surface area (Å²) in [4.78, 5) is 0. The Hall–Kier alpha value is -0.890. The molecule has 1 aromatic rings. The highest BCUT2D eigenvalue weighted by atomic mass is 35.5. The highest BCUT2D eigenvalue weighted by Crippen LogP contribution is 2.63. The molecule has 2 bridgehead atoms. The zero-order valence-electron chi connectivity index (χ0n) is 12.0. The highest BCUT2D eigenvalue weighted by Gasteiger charge is 2.59. The Morgan fingerprint density at radius 3 is 2.63 bits per heavy atom. The molecule has 0 amide bonds. The molecular weight excluding hydrogens is 256 g/mol. The number of hydrogen-bond acceptors (Lipinski definition) is 2. The second-order valence-corrected chi connectivity index (χ2v) is 7.60. The monoisotopic (exact) mass is 278 g/mol. The number of fused-ring (bicyclic) bond motifs is 2. The molecule has 0 heterocycles. The normalized spacial score (nSPS) is 35.6. The van der Waals surface area contributed by atoms with Gasteiger partial charge in [0.15, 0.2) is 0 Å². The molecule has 2 nitrogen and oxygen atoms in total. The number of nitrogen functional groups attached to an aromatic ring is 1. The van der Waals surface area contributed by atoms with E-state index in [4.69, 9.17) is 17.3 Å². The second kappa shape index (κ2) is 4.05. The van der Waals surface area contributed by atoms with Crippen LogP contribution in [0.4, 0.5) is 11.4 Å². The Morgan fingerprint density at radius 1 is 1.32 bits per heavy atom. The molecular formula is C16H23ClN2. The summed E-state index contributed by atoms with van der Waals surface area (Å²) in [6.07, 6.45) is 3.99. The molecule has 0 aromatic heterocycles. The van der Waals surface area contributed by atoms with E-state index in [2.05, 4.69) is 26.1 Å². The fourth-order valence-electron chi connectivity index (χ4n) is 4.50. The standard InChI is InChI=1S/C16H23ClN2/c1-15(2)10-7-8-16(3,9-10)14(15)19-13-11(17)5-4-6-12(13)18/h4-6,10,14,19H,7-9,18H2,1-3H3. The van der Waals surface area contributed by atoms with E-state index in [-0.39, 0.29) is 0 Å². The molecule has 3 unspecified atom stereocenters. The van der Waals surface area contributed by atoms with Gasteiger partial charge in [-0.1, -0.05) is 38.4 Å². The lowest BCUT2D eigenvalue weighted by molar-refractivity contribution is 0.155. The Labute approximate surface area is 120 Å². The van der Waals surface area contributed by atoms with Crippen molar-refractivity contribution >= 4 is 23.0 Å². The van der Waals surface area contributed by atoms with Gasteiger partial charge in [-0.2, -0.15) is 0 Å². The topological polar surface area (TPSA) is 38.0 Å². The minimum Gasteiger partial charge on any atom is -0.397 e. The van der Waals surface area contributed by atoms with Crippen molar-refractivity contribution in [2.45, 2.75) is 46.1 Å². The van der Waals surface area contributed by atoms with Gasteiger partial charge >= 0.3 is 0 Å². The van der Waals surface area contributed by atoms with Crippen LogP contribution in [0.25, 0.3) is 0 Å². The van der Waals surface area contributed by atoms with Gasteiger partial charge in [-0.25, -0.2) is 0 Å². The van der Waals surface area contributed by atoms with Crippen molar-refractivity contribution in [2.24, 2.45) is 16.7 Å². The first-order valence-electron chi connectivity index (χ1n) is 7.15. The number of nitrogens with two attached hydrogens (primary N) is 1. The number of rotatable bonds is 2. The van der Waals surface area contributed by atoms with Crippen molar-refractivity contribution in [1.82, 2.24) is 0 Å². The van der Waals surface area contributed by atoms with E-state index in [1.807, 2.05) is 18.2 Å². The van der Waals surface area contributed by atoms with Crippen LogP contribution in [0, 0.1) is 16.7 Å². The van der Waals surface area contributed by atoms with E-state index in [1.54, 1.807) is 0 Å². The third kappa shape index (κ3) is 1.84. The van der Waals surface area contributed by atoms with E-state index in [0.717, 1.165) is 22.3 Å². The predicted molar refractivity (Wildman–Crippen MR) is 82.5 cm³/mol. The molecule has 104 valence electrons. The van der Waals surface area contributed by atoms with Crippen molar-refractivity contribution in [2.75, 3.05) is 11.1 Å². The first-order valence-corrected chi connectivity index (χ1v) is 7.53. The third-order valence-electron chi connectivity index (χ3n) is 5.60. The van der Waals surface area contributed by atoms with E-state index in [1.165, 1.54) is 19.3 Å². The fourth-order valence-corrected chi connectivity index (χ4v) is 4.74. The first-order chi connectivity index (χ1) is 8.84. The Bertz CT molecular complexity index is 486. The molecule has 2 aliphatic rings. The van der Waals surface area contributed by atoms with Gasteiger partial charge in [-0.05, 0) is 48.1 Å². The van der Waals surface area contributed by atoms with Gasteiger partial charge in [0.25, 0.3) is 0 Å². The highest BCUT2D eigenvalue weighted by molar-refractivity contribution is 6.33. The van der Waals surface area contributed by atoms with Crippen LogP contribution in [-0.4, -0.2) is 6.04 Å². The summed E-state index contributed by atoms with van der Waals surface area (Å²) in [7, 11) is 0. The van der Waals surface area contributed by atoms with E-state index >= 15 is 0 Å². The lowest BCUT2D eigenvalue weighted by atomic mass is 9.68. The third-order valence-corrected chi connectivity index (χ3v) is 5.92. The van der Waals surface area contributed by atoms with Crippen LogP contribution >= 0.6 is 11.6 Å². The van der Waals surface area contributed by atoms with Crippen molar-refractivity contribution in [3.8, 4) is 0 Å². The summed E-state index contributed by atoms with van der Waals surface area (Å²) in [5, 5.41) is 4.41. The number of anilines is 2. The van der Waals surface area contributed by atoms with Crippen LogP contribution in [0.15, 0.2) is 18.2 Å². The average molecular weight is 279 g/mol. The SMILES string of the molecule is CC12CCC(C1)C(C)(C)C2Nc1c(N)cccc1Cl. The largest absolute Gasteiger partial charge is 0.397 e. The van der Waals surface area contributed by atoms with Crippen LogP contribution in [-0.2, 0) is 0 Å². The van der Waals surface area contributed by atoms with Crippen LogP contribution in [0.5, 0.6) is 0 Å². The lowest BCUT2D eigenvalue weighted by Crippen LogP contribution is -2.45. The number of benzene rings is 1. The van der Waals surface area contributed by atoms with Gasteiger partial charge in [0.1, 0.15) is 0 Å². The summed E-state index contributed by atoms with van der Waals surface area (Å²) in [5.74, 6) is 0.818. The summed E-state index contributed by atoms with van der Waals surface area (Å²) in [5.41, 5.74) is 8.42. The van der Waals surface area contributed by atoms with Crippen molar-refractivity contribution in [3.63, 3.8) is 0 Å². The second-order valence-electron chi connectivity index (χ2n) is 7.20. The van der Waals surface area contributed by atoms with Gasteiger partial charge in [0.05, 0.1) is 16.4 Å². The molecule has 0 aliphatic heterocycles. The quantitative estimate of drug-likeness (QED) is 0.779. The molecule has 3 atom stereocenters. The summed E-state index contributed by atoms with van der Waals surface area (Å²) >= 11 is 6.31. The molecule has 2 saturated carbocycles. The van der Waals surface area contributed by atoms with Gasteiger partial charge in [-0.15, -0.1) is 0 Å². The zero-order chi connectivity index (χ0) is 13.8. The number of para-hydroxylation sites is 1. The molecule has 2 aliphatic carbocycles. The Morgan fingerprint density at radius 2 is 2.05 bits per heavy atom. The van der Waals surface area contributed by atoms with Crippen LogP contribution in [0.2, 0.25) is 5.02 Å². The summed E-state index contributed by atoms with van der Waals surface area (Å²) in [6.45, 7) is 7.17. The van der Waals surface area contributed by atoms with Crippen LogP contribution < -0.4 is 11.1 Å². The molecule has 2 fully saturated rings. The first kappa shape index (κ1) is 13.1. The van der Waals surface area contributed by atoms with Crippen LogP contribution in [0.1, 0.15) is 40.0 Å². The Balaban J connectivity index is 1.95. The molecule has 3 heteroatoms. The minimum absolute atomic E-state index is 0.304. The molecule has 3 N–H and O–H groups in total. The predicted octanol–water partition coefficient (Wildman–Crippen LogP) is 4.55. The summed E-state index contributed by atoms with van der Waals surface area (Å²) < 4.78 is 0. The maximum Gasteiger partial charge on any atom is 0.0765 e. The van der Waals surface area contributed by atoms with Gasteiger partial charge in [-0.3, -0.25) is 0 Å². The van der Waals surface area contributed by atoms with E-state index in [0.29, 0.717) is 16.9 Å². The maximum absolute atomic E-state index is 6.31. The number of halogens is 1. The Kier molecular flexibility index (Phi) is 2.79. The lowest BCUT2D eigenvalue weighted by Gasteiger charge is -2.44. The van der Waals surface area contributed by atoms with Crippen molar-refractivity contribution in [3.05, 3.63) is 23.2 Å². The van der Waals surface area contributed by atoms with Gasteiger partial charge in [0.2, 0.25) is 0 Å². The number of nitrogens with one attached hydrogen (secondary N) is 1. The number of hydrogen-bond donors (Lipinski definition) is 2. The minimum atomic E-state index is 0.304. The van der Waals surface area contributed by atoms with E-state index in [9.17, 15) is 0 Å². The molecule has 1 aromatic carbocycles. The van der Waals surface area contributed by atoms with Crippen molar-refractivity contribution < 1.29 is 0 Å². The molecule has 19 heavy (non-hydrogen) atoms. The maximum atomic E-state index is 6.31. The zero-order valence-corrected chi connectivity index (χ0v) is 12.7. The molecule has 0 saturated heterocycles. The van der Waals surface area contributed by atoms with E-state index < -0.39 is 0 Å². The summed E-state index contributed by atoms with van der Waals surface area (Å²) in [6, 6.07) is 6.16. The van der Waals surface area contributed by atoms with Crippen LogP contribution in [0.3, 0.4) is 0 Å². The average Bonchev–Trinajstić information content (AvgIpc) is 2.78. The van der Waals surface area contributed by atoms with Gasteiger partial charge < -0.3 is 11.1 Å². The van der Waals surface area contributed by atoms with Gasteiger partial charge in [0, 0.05) is 6.04 Å². The molecule has 3 rings (SSSR count). The van der Waals surface area contributed by atoms with Crippen molar-refractivity contribution in [1.29, 1.82) is 0 Å². The smallest absolute Gasteiger partial charge is 0.0765 e. The fraction of sp³-hybridized carbons (Fsp3) is 0.625. The molecule has 0 radical (unpaired) electrons.